The zero-order valence-corrected chi connectivity index (χ0v) is 11.6. The molecule has 2 N–H and O–H groups in total. The summed E-state index contributed by atoms with van der Waals surface area (Å²) >= 11 is 0. The van der Waals surface area contributed by atoms with Crippen molar-refractivity contribution >= 4 is 11.6 Å². The van der Waals surface area contributed by atoms with Crippen LogP contribution in [0, 0.1) is 0 Å². The largest absolute Gasteiger partial charge is 0.369 e. The molecule has 1 amide bonds. The molecule has 19 heavy (non-hydrogen) atoms. The van der Waals surface area contributed by atoms with Gasteiger partial charge in [0.15, 0.2) is 0 Å². The molecule has 0 radical (unpaired) electrons. The third-order valence-corrected chi connectivity index (χ3v) is 3.36. The standard InChI is InChI=1S/C15H23N3O/c1-2-7-17-15(19)12-13-3-5-14(6-4-13)18-10-8-16-9-11-18/h3-6,16H,2,7-12H2,1H3,(H,17,19). The van der Waals surface area contributed by atoms with E-state index >= 15 is 0 Å². The number of hydrogen-bond donors (Lipinski definition) is 2. The van der Waals surface area contributed by atoms with Gasteiger partial charge in [0.2, 0.25) is 5.91 Å². The van der Waals surface area contributed by atoms with Crippen LogP contribution in [0.2, 0.25) is 0 Å². The Balaban J connectivity index is 1.88. The number of benzene rings is 1. The first-order chi connectivity index (χ1) is 9.29. The van der Waals surface area contributed by atoms with Gasteiger partial charge in [-0.3, -0.25) is 4.79 Å². The Morgan fingerprint density at radius 3 is 2.58 bits per heavy atom. The van der Waals surface area contributed by atoms with Crippen LogP contribution in [-0.4, -0.2) is 38.6 Å². The fourth-order valence-electron chi connectivity index (χ4n) is 2.26. The summed E-state index contributed by atoms with van der Waals surface area (Å²) in [5.74, 6) is 0.108. The van der Waals surface area contributed by atoms with Gasteiger partial charge in [0.1, 0.15) is 0 Å². The number of amides is 1. The quantitative estimate of drug-likeness (QED) is 0.836. The Morgan fingerprint density at radius 1 is 1.26 bits per heavy atom. The maximum Gasteiger partial charge on any atom is 0.224 e. The Bertz CT molecular complexity index is 396. The van der Waals surface area contributed by atoms with E-state index in [1.165, 1.54) is 5.69 Å². The van der Waals surface area contributed by atoms with Gasteiger partial charge >= 0.3 is 0 Å². The number of anilines is 1. The van der Waals surface area contributed by atoms with Crippen molar-refractivity contribution in [2.24, 2.45) is 0 Å². The van der Waals surface area contributed by atoms with E-state index in [9.17, 15) is 4.79 Å². The maximum atomic E-state index is 11.6. The minimum absolute atomic E-state index is 0.108. The molecule has 1 saturated heterocycles. The maximum absolute atomic E-state index is 11.6. The van der Waals surface area contributed by atoms with Crippen molar-refractivity contribution < 1.29 is 4.79 Å². The van der Waals surface area contributed by atoms with Crippen molar-refractivity contribution in [3.63, 3.8) is 0 Å². The lowest BCUT2D eigenvalue weighted by molar-refractivity contribution is -0.120. The minimum atomic E-state index is 0.108. The van der Waals surface area contributed by atoms with Gasteiger partial charge in [-0.15, -0.1) is 0 Å². The average molecular weight is 261 g/mol. The molecule has 0 spiro atoms. The summed E-state index contributed by atoms with van der Waals surface area (Å²) in [4.78, 5) is 14.0. The van der Waals surface area contributed by atoms with Crippen LogP contribution in [-0.2, 0) is 11.2 Å². The molecule has 1 aliphatic heterocycles. The molecule has 4 nitrogen and oxygen atoms in total. The lowest BCUT2D eigenvalue weighted by Crippen LogP contribution is -2.43. The van der Waals surface area contributed by atoms with E-state index in [0.717, 1.165) is 44.7 Å². The molecule has 0 unspecified atom stereocenters. The summed E-state index contributed by atoms with van der Waals surface area (Å²) in [7, 11) is 0. The van der Waals surface area contributed by atoms with Crippen LogP contribution < -0.4 is 15.5 Å². The van der Waals surface area contributed by atoms with Crippen molar-refractivity contribution in [3.05, 3.63) is 29.8 Å². The van der Waals surface area contributed by atoms with Crippen LogP contribution >= 0.6 is 0 Å². The lowest BCUT2D eigenvalue weighted by Gasteiger charge is -2.29. The highest BCUT2D eigenvalue weighted by Gasteiger charge is 2.10. The van der Waals surface area contributed by atoms with Gasteiger partial charge in [-0.25, -0.2) is 0 Å². The summed E-state index contributed by atoms with van der Waals surface area (Å²) in [6.07, 6.45) is 1.45. The van der Waals surface area contributed by atoms with Gasteiger partial charge < -0.3 is 15.5 Å². The number of carbonyl (C=O) groups excluding carboxylic acids is 1. The summed E-state index contributed by atoms with van der Waals surface area (Å²) < 4.78 is 0. The number of carbonyl (C=O) groups is 1. The first-order valence-electron chi connectivity index (χ1n) is 7.11. The van der Waals surface area contributed by atoms with Crippen LogP contribution in [0.4, 0.5) is 5.69 Å². The second-order valence-corrected chi connectivity index (χ2v) is 4.93. The molecule has 1 heterocycles. The highest BCUT2D eigenvalue weighted by Crippen LogP contribution is 2.16. The Morgan fingerprint density at radius 2 is 1.95 bits per heavy atom. The normalized spacial score (nSPS) is 15.3. The van der Waals surface area contributed by atoms with Crippen LogP contribution in [0.1, 0.15) is 18.9 Å². The first-order valence-corrected chi connectivity index (χ1v) is 7.11. The van der Waals surface area contributed by atoms with Crippen molar-refractivity contribution in [1.82, 2.24) is 10.6 Å². The predicted molar refractivity (Wildman–Crippen MR) is 78.5 cm³/mol. The Labute approximate surface area is 115 Å². The van der Waals surface area contributed by atoms with Gasteiger partial charge in [0.25, 0.3) is 0 Å². The third-order valence-electron chi connectivity index (χ3n) is 3.36. The lowest BCUT2D eigenvalue weighted by atomic mass is 10.1. The summed E-state index contributed by atoms with van der Waals surface area (Å²) in [5.41, 5.74) is 2.33. The minimum Gasteiger partial charge on any atom is -0.369 e. The van der Waals surface area contributed by atoms with Crippen LogP contribution in [0.25, 0.3) is 0 Å². The number of nitrogens with one attached hydrogen (secondary N) is 2. The van der Waals surface area contributed by atoms with E-state index in [1.807, 2.05) is 0 Å². The monoisotopic (exact) mass is 261 g/mol. The average Bonchev–Trinajstić information content (AvgIpc) is 2.47. The zero-order chi connectivity index (χ0) is 13.5. The highest BCUT2D eigenvalue weighted by molar-refractivity contribution is 5.78. The van der Waals surface area contributed by atoms with E-state index in [-0.39, 0.29) is 5.91 Å². The molecule has 2 rings (SSSR count). The van der Waals surface area contributed by atoms with Gasteiger partial charge in [-0.2, -0.15) is 0 Å². The number of nitrogens with zero attached hydrogens (tertiary/aromatic N) is 1. The number of piperazine rings is 1. The van der Waals surface area contributed by atoms with Crippen LogP contribution in [0.3, 0.4) is 0 Å². The highest BCUT2D eigenvalue weighted by atomic mass is 16.1. The second-order valence-electron chi connectivity index (χ2n) is 4.93. The zero-order valence-electron chi connectivity index (χ0n) is 11.6. The molecule has 0 aliphatic carbocycles. The van der Waals surface area contributed by atoms with E-state index in [0.29, 0.717) is 6.42 Å². The topological polar surface area (TPSA) is 44.4 Å². The van der Waals surface area contributed by atoms with Crippen molar-refractivity contribution in [2.75, 3.05) is 37.6 Å². The molecule has 0 saturated carbocycles. The van der Waals surface area contributed by atoms with Crippen molar-refractivity contribution in [3.8, 4) is 0 Å². The van der Waals surface area contributed by atoms with E-state index < -0.39 is 0 Å². The van der Waals surface area contributed by atoms with Gasteiger partial charge in [0.05, 0.1) is 6.42 Å². The molecule has 1 fully saturated rings. The molecule has 0 bridgehead atoms. The van der Waals surface area contributed by atoms with Crippen LogP contribution in [0.5, 0.6) is 0 Å². The molecule has 0 aromatic heterocycles. The fourth-order valence-corrected chi connectivity index (χ4v) is 2.26. The van der Waals surface area contributed by atoms with Gasteiger partial charge in [0, 0.05) is 38.4 Å². The number of hydrogen-bond acceptors (Lipinski definition) is 3. The Hall–Kier alpha value is -1.55. The van der Waals surface area contributed by atoms with Crippen LogP contribution in [0.15, 0.2) is 24.3 Å². The van der Waals surface area contributed by atoms with Crippen molar-refractivity contribution in [2.45, 2.75) is 19.8 Å². The molecule has 0 atom stereocenters. The van der Waals surface area contributed by atoms with Gasteiger partial charge in [-0.1, -0.05) is 19.1 Å². The first kappa shape index (κ1) is 13.9. The fraction of sp³-hybridized carbons (Fsp3) is 0.533. The Kier molecular flexibility index (Phi) is 5.21. The molecular weight excluding hydrogens is 238 g/mol. The summed E-state index contributed by atoms with van der Waals surface area (Å²) in [5, 5.41) is 6.25. The van der Waals surface area contributed by atoms with E-state index in [2.05, 4.69) is 46.7 Å². The molecule has 4 heteroatoms. The second kappa shape index (κ2) is 7.14. The number of rotatable bonds is 5. The molecular formula is C15H23N3O. The molecule has 1 aliphatic rings. The SMILES string of the molecule is CCCNC(=O)Cc1ccc(N2CCNCC2)cc1. The van der Waals surface area contributed by atoms with E-state index in [1.54, 1.807) is 0 Å². The molecule has 104 valence electrons. The summed E-state index contributed by atoms with van der Waals surface area (Å²) in [6, 6.07) is 8.35. The van der Waals surface area contributed by atoms with Gasteiger partial charge in [-0.05, 0) is 24.1 Å². The smallest absolute Gasteiger partial charge is 0.224 e. The molecule has 1 aromatic carbocycles. The predicted octanol–water partition coefficient (Wildman–Crippen LogP) is 1.16. The molecule has 1 aromatic rings. The van der Waals surface area contributed by atoms with Crippen molar-refractivity contribution in [1.29, 1.82) is 0 Å². The van der Waals surface area contributed by atoms with E-state index in [4.69, 9.17) is 0 Å². The third kappa shape index (κ3) is 4.24. The summed E-state index contributed by atoms with van der Waals surface area (Å²) in [6.45, 7) is 7.01.